The number of carbonyl (C=O) groups excluding carboxylic acids is 1. The normalized spacial score (nSPS) is 10.9. The van der Waals surface area contributed by atoms with Gasteiger partial charge in [0.05, 0.1) is 22.9 Å². The number of hydrogen-bond donors (Lipinski definition) is 0. The van der Waals surface area contributed by atoms with E-state index in [1.54, 1.807) is 47.2 Å². The van der Waals surface area contributed by atoms with Crippen LogP contribution in [0.5, 0.6) is 5.75 Å². The molecular formula is C19H21BrClN5O2. The highest BCUT2D eigenvalue weighted by atomic mass is 79.9. The molecule has 7 nitrogen and oxygen atoms in total. The number of aryl methyl sites for hydroxylation is 2. The molecule has 0 spiro atoms. The molecule has 2 heterocycles. The largest absolute Gasteiger partial charge is 0.471 e. The highest BCUT2D eigenvalue weighted by Crippen LogP contribution is 2.21. The van der Waals surface area contributed by atoms with Crippen LogP contribution in [0.15, 0.2) is 41.1 Å². The minimum absolute atomic E-state index is 0.170. The monoisotopic (exact) mass is 465 g/mol. The highest BCUT2D eigenvalue weighted by Gasteiger charge is 2.18. The Morgan fingerprint density at radius 3 is 2.86 bits per heavy atom. The Bertz CT molecular complexity index is 985. The van der Waals surface area contributed by atoms with E-state index < -0.39 is 0 Å². The molecule has 0 saturated carbocycles. The van der Waals surface area contributed by atoms with Gasteiger partial charge in [0.15, 0.2) is 12.4 Å². The molecule has 3 aromatic rings. The first kappa shape index (κ1) is 20.4. The number of hydrogen-bond acceptors (Lipinski definition) is 4. The smallest absolute Gasteiger partial charge is 0.274 e. The van der Waals surface area contributed by atoms with Crippen LogP contribution in [0.2, 0.25) is 5.02 Å². The molecule has 0 N–H and O–H groups in total. The molecular weight excluding hydrogens is 446 g/mol. The zero-order chi connectivity index (χ0) is 20.3. The summed E-state index contributed by atoms with van der Waals surface area (Å²) in [7, 11) is 1.74. The van der Waals surface area contributed by atoms with E-state index in [4.69, 9.17) is 16.3 Å². The van der Waals surface area contributed by atoms with Crippen molar-refractivity contribution in [1.82, 2.24) is 24.5 Å². The molecule has 0 atom stereocenters. The van der Waals surface area contributed by atoms with Gasteiger partial charge in [-0.2, -0.15) is 10.2 Å². The number of aromatic nitrogens is 4. The number of carbonyl (C=O) groups is 1. The molecule has 0 radical (unpaired) electrons. The second-order valence-corrected chi connectivity index (χ2v) is 7.60. The van der Waals surface area contributed by atoms with Gasteiger partial charge in [0.2, 0.25) is 0 Å². The number of benzene rings is 1. The Morgan fingerprint density at radius 2 is 2.14 bits per heavy atom. The van der Waals surface area contributed by atoms with Gasteiger partial charge in [-0.05, 0) is 59.6 Å². The van der Waals surface area contributed by atoms with E-state index in [1.165, 1.54) is 0 Å². The molecule has 0 unspecified atom stereocenters. The SMILES string of the molecule is CCn1ncc(Br)c1CN(C)C(=O)c1ccn(COc2ccc(Cl)c(C)c2)n1. The van der Waals surface area contributed by atoms with E-state index in [2.05, 4.69) is 26.1 Å². The fraction of sp³-hybridized carbons (Fsp3) is 0.316. The van der Waals surface area contributed by atoms with Gasteiger partial charge in [-0.25, -0.2) is 4.68 Å². The van der Waals surface area contributed by atoms with E-state index in [0.29, 0.717) is 23.0 Å². The number of rotatable bonds is 7. The molecule has 148 valence electrons. The summed E-state index contributed by atoms with van der Waals surface area (Å²) >= 11 is 9.50. The maximum Gasteiger partial charge on any atom is 0.274 e. The Hall–Kier alpha value is -2.32. The summed E-state index contributed by atoms with van der Waals surface area (Å²) in [5, 5.41) is 9.29. The fourth-order valence-electron chi connectivity index (χ4n) is 2.70. The number of halogens is 2. The average Bonchev–Trinajstić information content (AvgIpc) is 3.29. The van der Waals surface area contributed by atoms with E-state index in [1.807, 2.05) is 24.6 Å². The van der Waals surface area contributed by atoms with Gasteiger partial charge >= 0.3 is 0 Å². The molecule has 1 amide bonds. The summed E-state index contributed by atoms with van der Waals surface area (Å²) in [6.45, 7) is 5.29. The van der Waals surface area contributed by atoms with E-state index >= 15 is 0 Å². The van der Waals surface area contributed by atoms with Crippen molar-refractivity contribution in [2.75, 3.05) is 7.05 Å². The molecule has 28 heavy (non-hydrogen) atoms. The van der Waals surface area contributed by atoms with Gasteiger partial charge in [-0.3, -0.25) is 9.48 Å². The van der Waals surface area contributed by atoms with Gasteiger partial charge in [0.1, 0.15) is 5.75 Å². The molecule has 0 fully saturated rings. The Balaban J connectivity index is 1.63. The van der Waals surface area contributed by atoms with Crippen LogP contribution < -0.4 is 4.74 Å². The summed E-state index contributed by atoms with van der Waals surface area (Å²) in [6.07, 6.45) is 3.46. The van der Waals surface area contributed by atoms with Gasteiger partial charge in [-0.15, -0.1) is 0 Å². The van der Waals surface area contributed by atoms with Crippen LogP contribution in [-0.2, 0) is 19.8 Å². The third-order valence-electron chi connectivity index (χ3n) is 4.28. The van der Waals surface area contributed by atoms with Gasteiger partial charge < -0.3 is 9.64 Å². The number of ether oxygens (including phenoxy) is 1. The third-order valence-corrected chi connectivity index (χ3v) is 5.37. The number of nitrogens with zero attached hydrogens (tertiary/aromatic N) is 5. The summed E-state index contributed by atoms with van der Waals surface area (Å²) in [5.74, 6) is 0.525. The molecule has 1 aromatic carbocycles. The van der Waals surface area contributed by atoms with Crippen LogP contribution in [-0.4, -0.2) is 37.4 Å². The van der Waals surface area contributed by atoms with Crippen LogP contribution >= 0.6 is 27.5 Å². The van der Waals surface area contributed by atoms with Crippen molar-refractivity contribution >= 4 is 33.4 Å². The van der Waals surface area contributed by atoms with Crippen LogP contribution in [0.3, 0.4) is 0 Å². The lowest BCUT2D eigenvalue weighted by molar-refractivity contribution is 0.0773. The van der Waals surface area contributed by atoms with Crippen molar-refractivity contribution in [3.8, 4) is 5.75 Å². The molecule has 0 saturated heterocycles. The zero-order valence-corrected chi connectivity index (χ0v) is 18.2. The fourth-order valence-corrected chi connectivity index (χ4v) is 3.24. The molecule has 0 aliphatic carbocycles. The summed E-state index contributed by atoms with van der Waals surface area (Å²) < 4.78 is 10.0. The molecule has 0 aliphatic rings. The average molecular weight is 467 g/mol. The van der Waals surface area contributed by atoms with Crippen molar-refractivity contribution in [2.24, 2.45) is 0 Å². The second kappa shape index (κ2) is 8.79. The third kappa shape index (κ3) is 4.56. The van der Waals surface area contributed by atoms with Gasteiger partial charge in [-0.1, -0.05) is 11.6 Å². The van der Waals surface area contributed by atoms with Gasteiger partial charge in [0, 0.05) is 24.8 Å². The van der Waals surface area contributed by atoms with Crippen LogP contribution in [0, 0.1) is 6.92 Å². The molecule has 0 aliphatic heterocycles. The Morgan fingerprint density at radius 1 is 1.36 bits per heavy atom. The zero-order valence-electron chi connectivity index (χ0n) is 15.9. The topological polar surface area (TPSA) is 65.2 Å². The van der Waals surface area contributed by atoms with Gasteiger partial charge in [0.25, 0.3) is 5.91 Å². The summed E-state index contributed by atoms with van der Waals surface area (Å²) in [5.41, 5.74) is 2.24. The van der Waals surface area contributed by atoms with Crippen LogP contribution in [0.25, 0.3) is 0 Å². The standard InChI is InChI=1S/C19H21BrClN5O2/c1-4-26-18(15(20)10-22-26)11-24(3)19(27)17-7-8-25(23-17)12-28-14-5-6-16(21)13(2)9-14/h5-10H,4,11-12H2,1-3H3. The predicted molar refractivity (Wildman–Crippen MR) is 110 cm³/mol. The maximum atomic E-state index is 12.7. The van der Waals surface area contributed by atoms with Crippen LogP contribution in [0.4, 0.5) is 0 Å². The lowest BCUT2D eigenvalue weighted by atomic mass is 10.2. The first-order valence-corrected chi connectivity index (χ1v) is 9.94. The maximum absolute atomic E-state index is 12.7. The summed E-state index contributed by atoms with van der Waals surface area (Å²) in [6, 6.07) is 7.13. The first-order valence-electron chi connectivity index (χ1n) is 8.77. The lowest BCUT2D eigenvalue weighted by Gasteiger charge is -2.17. The van der Waals surface area contributed by atoms with Crippen molar-refractivity contribution in [1.29, 1.82) is 0 Å². The minimum Gasteiger partial charge on any atom is -0.471 e. The van der Waals surface area contributed by atoms with Crippen molar-refractivity contribution in [3.63, 3.8) is 0 Å². The van der Waals surface area contributed by atoms with Crippen molar-refractivity contribution in [3.05, 3.63) is 63.1 Å². The predicted octanol–water partition coefficient (Wildman–Crippen LogP) is 4.13. The first-order chi connectivity index (χ1) is 13.4. The van der Waals surface area contributed by atoms with E-state index in [9.17, 15) is 4.79 Å². The molecule has 9 heteroatoms. The van der Waals surface area contributed by atoms with Crippen molar-refractivity contribution < 1.29 is 9.53 Å². The summed E-state index contributed by atoms with van der Waals surface area (Å²) in [4.78, 5) is 14.3. The van der Waals surface area contributed by atoms with E-state index in [-0.39, 0.29) is 12.6 Å². The Labute approximate surface area is 177 Å². The number of amides is 1. The minimum atomic E-state index is -0.170. The molecule has 3 rings (SSSR count). The molecule has 0 bridgehead atoms. The van der Waals surface area contributed by atoms with E-state index in [0.717, 1.165) is 22.3 Å². The highest BCUT2D eigenvalue weighted by molar-refractivity contribution is 9.10. The second-order valence-electron chi connectivity index (χ2n) is 6.34. The van der Waals surface area contributed by atoms with Crippen LogP contribution in [0.1, 0.15) is 28.7 Å². The van der Waals surface area contributed by atoms with Crippen molar-refractivity contribution in [2.45, 2.75) is 33.7 Å². The lowest BCUT2D eigenvalue weighted by Crippen LogP contribution is -2.28. The quantitative estimate of drug-likeness (QED) is 0.525. The Kier molecular flexibility index (Phi) is 6.41. The molecule has 2 aromatic heterocycles.